The highest BCUT2D eigenvalue weighted by Crippen LogP contribution is 2.15. The summed E-state index contributed by atoms with van der Waals surface area (Å²) in [6.07, 6.45) is 2.35. The number of hydrogen-bond donors (Lipinski definition) is 1. The standard InChI is InChI=1S/C20H32N4O3/c1-16-8-5-6-10-18(16)27-13-11-24(4)20(22-15-19(25)23(2)3)21-14-17-9-7-12-26-17/h5-6,8,10,17H,7,9,11-15H2,1-4H3,(H,21,22). The fraction of sp³-hybridized carbons (Fsp3) is 0.600. The summed E-state index contributed by atoms with van der Waals surface area (Å²) < 4.78 is 11.5. The Bertz CT molecular complexity index is 627. The zero-order chi connectivity index (χ0) is 19.6. The van der Waals surface area contributed by atoms with Gasteiger partial charge in [-0.1, -0.05) is 18.2 Å². The molecule has 1 amide bonds. The van der Waals surface area contributed by atoms with Crippen molar-refractivity contribution in [2.45, 2.75) is 25.9 Å². The summed E-state index contributed by atoms with van der Waals surface area (Å²) in [6.45, 7) is 4.84. The topological polar surface area (TPSA) is 66.4 Å². The second-order valence-electron chi connectivity index (χ2n) is 6.98. The maximum Gasteiger partial charge on any atom is 0.243 e. The number of aryl methyl sites for hydroxylation is 1. The lowest BCUT2D eigenvalue weighted by atomic mass is 10.2. The van der Waals surface area contributed by atoms with E-state index in [2.05, 4.69) is 10.3 Å². The predicted molar refractivity (Wildman–Crippen MR) is 107 cm³/mol. The lowest BCUT2D eigenvalue weighted by Crippen LogP contribution is -2.44. The molecule has 1 atom stereocenters. The molecule has 1 heterocycles. The van der Waals surface area contributed by atoms with E-state index >= 15 is 0 Å². The number of aliphatic imine (C=N–C) groups is 1. The Hall–Kier alpha value is -2.28. The van der Waals surface area contributed by atoms with Gasteiger partial charge < -0.3 is 24.6 Å². The first-order valence-electron chi connectivity index (χ1n) is 9.47. The summed E-state index contributed by atoms with van der Waals surface area (Å²) in [5.41, 5.74) is 1.11. The van der Waals surface area contributed by atoms with Crippen LogP contribution in [0.5, 0.6) is 5.75 Å². The first-order chi connectivity index (χ1) is 13.0. The van der Waals surface area contributed by atoms with E-state index in [0.717, 1.165) is 30.8 Å². The number of carbonyl (C=O) groups excluding carboxylic acids is 1. The molecule has 27 heavy (non-hydrogen) atoms. The molecule has 0 spiro atoms. The van der Waals surface area contributed by atoms with Crippen LogP contribution in [0.4, 0.5) is 0 Å². The van der Waals surface area contributed by atoms with Gasteiger partial charge in [-0.3, -0.25) is 4.79 Å². The number of para-hydroxylation sites is 1. The van der Waals surface area contributed by atoms with Gasteiger partial charge in [0.15, 0.2) is 5.96 Å². The van der Waals surface area contributed by atoms with Crippen LogP contribution in [-0.4, -0.2) is 81.8 Å². The van der Waals surface area contributed by atoms with Gasteiger partial charge in [-0.25, -0.2) is 4.99 Å². The highest BCUT2D eigenvalue weighted by Gasteiger charge is 2.17. The minimum atomic E-state index is -0.0315. The highest BCUT2D eigenvalue weighted by atomic mass is 16.5. The smallest absolute Gasteiger partial charge is 0.243 e. The summed E-state index contributed by atoms with van der Waals surface area (Å²) in [5.74, 6) is 1.55. The van der Waals surface area contributed by atoms with E-state index in [1.165, 1.54) is 0 Å². The van der Waals surface area contributed by atoms with Gasteiger partial charge in [-0.15, -0.1) is 0 Å². The van der Waals surface area contributed by atoms with E-state index < -0.39 is 0 Å². The van der Waals surface area contributed by atoms with E-state index in [-0.39, 0.29) is 18.6 Å². The normalized spacial score (nSPS) is 16.9. The molecule has 0 bridgehead atoms. The first kappa shape index (κ1) is 21.0. The van der Waals surface area contributed by atoms with Gasteiger partial charge in [0.05, 0.1) is 12.6 Å². The first-order valence-corrected chi connectivity index (χ1v) is 9.47. The van der Waals surface area contributed by atoms with E-state index in [1.807, 2.05) is 43.1 Å². The Morgan fingerprint density at radius 2 is 2.11 bits per heavy atom. The third-order valence-electron chi connectivity index (χ3n) is 4.51. The van der Waals surface area contributed by atoms with Crippen molar-refractivity contribution in [2.75, 3.05) is 54.0 Å². The zero-order valence-corrected chi connectivity index (χ0v) is 16.9. The fourth-order valence-electron chi connectivity index (χ4n) is 2.72. The second kappa shape index (κ2) is 10.8. The van der Waals surface area contributed by atoms with Crippen molar-refractivity contribution in [1.82, 2.24) is 15.1 Å². The highest BCUT2D eigenvalue weighted by molar-refractivity contribution is 5.84. The van der Waals surface area contributed by atoms with Crippen LogP contribution in [0.1, 0.15) is 18.4 Å². The maximum atomic E-state index is 11.9. The monoisotopic (exact) mass is 376 g/mol. The molecule has 1 saturated heterocycles. The van der Waals surface area contributed by atoms with Gasteiger partial charge in [0.25, 0.3) is 0 Å². The van der Waals surface area contributed by atoms with E-state index in [4.69, 9.17) is 9.47 Å². The number of likely N-dealkylation sites (N-methyl/N-ethyl adjacent to an activating group) is 2. The lowest BCUT2D eigenvalue weighted by molar-refractivity contribution is -0.127. The molecule has 150 valence electrons. The van der Waals surface area contributed by atoms with Crippen LogP contribution in [0, 0.1) is 6.92 Å². The molecule has 1 aromatic rings. The van der Waals surface area contributed by atoms with E-state index in [9.17, 15) is 4.79 Å². The molecule has 0 radical (unpaired) electrons. The lowest BCUT2D eigenvalue weighted by Gasteiger charge is -2.24. The van der Waals surface area contributed by atoms with Gasteiger partial charge >= 0.3 is 0 Å². The number of hydrogen-bond acceptors (Lipinski definition) is 4. The van der Waals surface area contributed by atoms with Crippen molar-refractivity contribution in [3.05, 3.63) is 29.8 Å². The summed E-state index contributed by atoms with van der Waals surface area (Å²) in [4.78, 5) is 19.9. The van der Waals surface area contributed by atoms with Crippen LogP contribution < -0.4 is 10.1 Å². The summed E-state index contributed by atoms with van der Waals surface area (Å²) >= 11 is 0. The molecular formula is C20H32N4O3. The number of nitrogens with zero attached hydrogens (tertiary/aromatic N) is 3. The Labute approximate surface area is 162 Å². The Balaban J connectivity index is 1.89. The Morgan fingerprint density at radius 3 is 2.78 bits per heavy atom. The van der Waals surface area contributed by atoms with Crippen molar-refractivity contribution in [3.63, 3.8) is 0 Å². The molecule has 1 N–H and O–H groups in total. The third kappa shape index (κ3) is 7.09. The van der Waals surface area contributed by atoms with Crippen LogP contribution in [-0.2, 0) is 9.53 Å². The van der Waals surface area contributed by atoms with Gasteiger partial charge in [0.2, 0.25) is 5.91 Å². The Kier molecular flexibility index (Phi) is 8.39. The minimum Gasteiger partial charge on any atom is -0.491 e. The van der Waals surface area contributed by atoms with Gasteiger partial charge in [0, 0.05) is 34.3 Å². The number of nitrogens with one attached hydrogen (secondary N) is 1. The van der Waals surface area contributed by atoms with Crippen molar-refractivity contribution >= 4 is 11.9 Å². The van der Waals surface area contributed by atoms with Crippen molar-refractivity contribution in [3.8, 4) is 5.75 Å². The zero-order valence-electron chi connectivity index (χ0n) is 16.9. The predicted octanol–water partition coefficient (Wildman–Crippen LogP) is 1.52. The van der Waals surface area contributed by atoms with Gasteiger partial charge in [-0.2, -0.15) is 0 Å². The minimum absolute atomic E-state index is 0.0315. The maximum absolute atomic E-state index is 11.9. The number of rotatable bonds is 8. The third-order valence-corrected chi connectivity index (χ3v) is 4.51. The number of amides is 1. The van der Waals surface area contributed by atoms with Crippen LogP contribution in [0.2, 0.25) is 0 Å². The van der Waals surface area contributed by atoms with Crippen LogP contribution in [0.15, 0.2) is 29.3 Å². The molecule has 1 unspecified atom stereocenters. The molecule has 0 aliphatic carbocycles. The van der Waals surface area contributed by atoms with Gasteiger partial charge in [-0.05, 0) is 31.4 Å². The molecule has 1 aliphatic rings. The van der Waals surface area contributed by atoms with Crippen LogP contribution >= 0.6 is 0 Å². The molecule has 7 heteroatoms. The van der Waals surface area contributed by atoms with Crippen LogP contribution in [0.25, 0.3) is 0 Å². The summed E-state index contributed by atoms with van der Waals surface area (Å²) in [5, 5.41) is 3.34. The Morgan fingerprint density at radius 1 is 1.33 bits per heavy atom. The second-order valence-corrected chi connectivity index (χ2v) is 6.98. The van der Waals surface area contributed by atoms with E-state index in [1.54, 1.807) is 19.0 Å². The van der Waals surface area contributed by atoms with Crippen molar-refractivity contribution in [2.24, 2.45) is 4.99 Å². The molecule has 7 nitrogen and oxygen atoms in total. The SMILES string of the molecule is Cc1ccccc1OCCN(C)C(=NCC(=O)N(C)C)NCC1CCCO1. The van der Waals surface area contributed by atoms with Crippen molar-refractivity contribution in [1.29, 1.82) is 0 Å². The largest absolute Gasteiger partial charge is 0.491 e. The number of ether oxygens (including phenoxy) is 2. The number of benzene rings is 1. The average Bonchev–Trinajstić information content (AvgIpc) is 3.16. The summed E-state index contributed by atoms with van der Waals surface area (Å²) in [6, 6.07) is 7.96. The molecule has 2 rings (SSSR count). The fourth-order valence-corrected chi connectivity index (χ4v) is 2.72. The number of guanidine groups is 1. The van der Waals surface area contributed by atoms with E-state index in [0.29, 0.717) is 25.7 Å². The average molecular weight is 377 g/mol. The van der Waals surface area contributed by atoms with Crippen LogP contribution in [0.3, 0.4) is 0 Å². The summed E-state index contributed by atoms with van der Waals surface area (Å²) in [7, 11) is 5.41. The quantitative estimate of drug-likeness (QED) is 0.550. The molecule has 0 saturated carbocycles. The molecular weight excluding hydrogens is 344 g/mol. The number of carbonyl (C=O) groups is 1. The molecule has 1 aromatic carbocycles. The van der Waals surface area contributed by atoms with Gasteiger partial charge in [0.1, 0.15) is 18.9 Å². The molecule has 0 aromatic heterocycles. The molecule has 1 fully saturated rings. The van der Waals surface area contributed by atoms with Crippen molar-refractivity contribution < 1.29 is 14.3 Å². The molecule has 1 aliphatic heterocycles.